The average Bonchev–Trinajstić information content (AvgIpc) is 2.48. The highest BCUT2D eigenvalue weighted by molar-refractivity contribution is 6.30. The Bertz CT molecular complexity index is 475. The smallest absolute Gasteiger partial charge is 0.251 e. The normalized spacial score (nSPS) is 10.5. The molecule has 0 bridgehead atoms. The topological polar surface area (TPSA) is 61.4 Å². The summed E-state index contributed by atoms with van der Waals surface area (Å²) in [4.78, 5) is 25.5. The molecule has 0 saturated heterocycles. The first kappa shape index (κ1) is 18.5. The lowest BCUT2D eigenvalue weighted by atomic mass is 10.2. The highest BCUT2D eigenvalue weighted by atomic mass is 35.5. The van der Waals surface area contributed by atoms with Crippen LogP contribution in [0.2, 0.25) is 5.02 Å². The van der Waals surface area contributed by atoms with E-state index in [-0.39, 0.29) is 11.8 Å². The number of nitrogens with zero attached hydrogens (tertiary/aromatic N) is 1. The Balaban J connectivity index is 2.10. The van der Waals surface area contributed by atoms with Crippen LogP contribution in [0, 0.1) is 0 Å². The van der Waals surface area contributed by atoms with Crippen molar-refractivity contribution in [2.24, 2.45) is 0 Å². The van der Waals surface area contributed by atoms with Crippen molar-refractivity contribution in [3.8, 4) is 0 Å². The van der Waals surface area contributed by atoms with Crippen LogP contribution >= 0.6 is 11.6 Å². The number of halogens is 1. The maximum absolute atomic E-state index is 11.8. The third kappa shape index (κ3) is 8.00. The lowest BCUT2D eigenvalue weighted by Gasteiger charge is -2.10. The maximum atomic E-state index is 11.8. The summed E-state index contributed by atoms with van der Waals surface area (Å²) < 4.78 is 0. The number of hydrogen-bond acceptors (Lipinski definition) is 3. The highest BCUT2D eigenvalue weighted by Gasteiger charge is 2.05. The molecule has 0 aliphatic rings. The summed E-state index contributed by atoms with van der Waals surface area (Å²) in [6.45, 7) is 2.12. The van der Waals surface area contributed by atoms with Crippen LogP contribution in [0.4, 0.5) is 0 Å². The van der Waals surface area contributed by atoms with Crippen molar-refractivity contribution < 1.29 is 9.59 Å². The summed E-state index contributed by atoms with van der Waals surface area (Å²) in [6, 6.07) is 6.71. The van der Waals surface area contributed by atoms with Crippen molar-refractivity contribution in [1.82, 2.24) is 15.5 Å². The molecule has 1 aromatic rings. The van der Waals surface area contributed by atoms with E-state index in [2.05, 4.69) is 15.5 Å². The van der Waals surface area contributed by atoms with Gasteiger partial charge in [-0.25, -0.2) is 0 Å². The molecule has 0 aliphatic carbocycles. The summed E-state index contributed by atoms with van der Waals surface area (Å²) in [5.74, 6) is -0.123. The lowest BCUT2D eigenvalue weighted by Crippen LogP contribution is -2.29. The zero-order chi connectivity index (χ0) is 16.4. The Hall–Kier alpha value is -1.59. The first-order valence-corrected chi connectivity index (χ1v) is 7.82. The van der Waals surface area contributed by atoms with Gasteiger partial charge in [-0.15, -0.1) is 0 Å². The van der Waals surface area contributed by atoms with Gasteiger partial charge in [-0.05, 0) is 57.7 Å². The molecule has 2 amide bonds. The molecule has 0 fully saturated rings. The van der Waals surface area contributed by atoms with Gasteiger partial charge in [0.15, 0.2) is 0 Å². The van der Waals surface area contributed by atoms with Gasteiger partial charge in [0.05, 0.1) is 0 Å². The number of amides is 2. The van der Waals surface area contributed by atoms with Crippen molar-refractivity contribution in [2.75, 3.05) is 33.7 Å². The number of carbonyl (C=O) groups excluding carboxylic acids is 2. The molecule has 0 aromatic heterocycles. The predicted octanol–water partition coefficient (Wildman–Crippen LogP) is 1.92. The summed E-state index contributed by atoms with van der Waals surface area (Å²) >= 11 is 5.77. The van der Waals surface area contributed by atoms with E-state index in [1.807, 2.05) is 14.1 Å². The number of benzene rings is 1. The number of nitrogens with one attached hydrogen (secondary N) is 2. The zero-order valence-corrected chi connectivity index (χ0v) is 13.9. The number of hydrogen-bond donors (Lipinski definition) is 2. The summed E-state index contributed by atoms with van der Waals surface area (Å²) in [5.41, 5.74) is 0.567. The molecule has 22 heavy (non-hydrogen) atoms. The van der Waals surface area contributed by atoms with Crippen LogP contribution in [0.15, 0.2) is 24.3 Å². The molecule has 0 radical (unpaired) electrons. The number of carbonyl (C=O) groups is 2. The predicted molar refractivity (Wildman–Crippen MR) is 89.2 cm³/mol. The minimum absolute atomic E-state index is 0.0273. The van der Waals surface area contributed by atoms with E-state index in [4.69, 9.17) is 11.6 Å². The van der Waals surface area contributed by atoms with Crippen LogP contribution in [0.25, 0.3) is 0 Å². The second-order valence-electron chi connectivity index (χ2n) is 5.37. The first-order valence-electron chi connectivity index (χ1n) is 7.44. The van der Waals surface area contributed by atoms with Gasteiger partial charge in [-0.3, -0.25) is 9.59 Å². The Morgan fingerprint density at radius 1 is 1.05 bits per heavy atom. The molecule has 0 atom stereocenters. The van der Waals surface area contributed by atoms with Crippen molar-refractivity contribution in [3.05, 3.63) is 34.9 Å². The monoisotopic (exact) mass is 325 g/mol. The van der Waals surface area contributed by atoms with Gasteiger partial charge >= 0.3 is 0 Å². The molecular weight excluding hydrogens is 302 g/mol. The molecule has 6 heteroatoms. The summed E-state index contributed by atoms with van der Waals surface area (Å²) in [5, 5.41) is 6.26. The molecule has 0 unspecified atom stereocenters. The van der Waals surface area contributed by atoms with Crippen LogP contribution in [0.5, 0.6) is 0 Å². The fourth-order valence-electron chi connectivity index (χ4n) is 1.87. The van der Waals surface area contributed by atoms with E-state index in [1.54, 1.807) is 24.3 Å². The SMILES string of the molecule is CN(C)CCCNC(=O)CCCNC(=O)c1ccc(Cl)cc1. The van der Waals surface area contributed by atoms with E-state index in [1.165, 1.54) is 0 Å². The fraction of sp³-hybridized carbons (Fsp3) is 0.500. The molecular formula is C16H24ClN3O2. The van der Waals surface area contributed by atoms with Gasteiger partial charge in [-0.2, -0.15) is 0 Å². The third-order valence-electron chi connectivity index (χ3n) is 3.08. The fourth-order valence-corrected chi connectivity index (χ4v) is 1.99. The minimum atomic E-state index is -0.150. The lowest BCUT2D eigenvalue weighted by molar-refractivity contribution is -0.121. The van der Waals surface area contributed by atoms with Gasteiger partial charge in [0.1, 0.15) is 0 Å². The number of rotatable bonds is 9. The van der Waals surface area contributed by atoms with Crippen molar-refractivity contribution in [3.63, 3.8) is 0 Å². The largest absolute Gasteiger partial charge is 0.356 e. The van der Waals surface area contributed by atoms with Crippen molar-refractivity contribution in [2.45, 2.75) is 19.3 Å². The van der Waals surface area contributed by atoms with E-state index < -0.39 is 0 Å². The van der Waals surface area contributed by atoms with Gasteiger partial charge < -0.3 is 15.5 Å². The quantitative estimate of drug-likeness (QED) is 0.682. The van der Waals surface area contributed by atoms with Crippen LogP contribution in [-0.4, -0.2) is 50.4 Å². The van der Waals surface area contributed by atoms with Crippen LogP contribution in [0.1, 0.15) is 29.6 Å². The first-order chi connectivity index (χ1) is 10.5. The standard InChI is InChI=1S/C16H24ClN3O2/c1-20(2)12-4-11-18-15(21)5-3-10-19-16(22)13-6-8-14(17)9-7-13/h6-9H,3-5,10-12H2,1-2H3,(H,18,21)(H,19,22). The third-order valence-corrected chi connectivity index (χ3v) is 3.33. The molecule has 0 aliphatic heterocycles. The molecule has 1 aromatic carbocycles. The van der Waals surface area contributed by atoms with E-state index >= 15 is 0 Å². The van der Waals surface area contributed by atoms with Gasteiger partial charge in [0.2, 0.25) is 5.91 Å². The summed E-state index contributed by atoms with van der Waals surface area (Å²) in [7, 11) is 4.01. The molecule has 1 rings (SSSR count). The molecule has 5 nitrogen and oxygen atoms in total. The molecule has 122 valence electrons. The average molecular weight is 326 g/mol. The van der Waals surface area contributed by atoms with E-state index in [0.717, 1.165) is 13.0 Å². The van der Waals surface area contributed by atoms with Crippen molar-refractivity contribution in [1.29, 1.82) is 0 Å². The molecule has 0 heterocycles. The van der Waals surface area contributed by atoms with E-state index in [0.29, 0.717) is 36.5 Å². The van der Waals surface area contributed by atoms with Gasteiger partial charge in [0, 0.05) is 30.1 Å². The molecule has 2 N–H and O–H groups in total. The van der Waals surface area contributed by atoms with Crippen molar-refractivity contribution >= 4 is 23.4 Å². The van der Waals surface area contributed by atoms with Crippen LogP contribution in [0.3, 0.4) is 0 Å². The van der Waals surface area contributed by atoms with Gasteiger partial charge in [0.25, 0.3) is 5.91 Å². The Morgan fingerprint density at radius 3 is 2.32 bits per heavy atom. The molecule has 0 saturated carbocycles. The second kappa shape index (κ2) is 10.2. The Kier molecular flexibility index (Phi) is 8.55. The maximum Gasteiger partial charge on any atom is 0.251 e. The van der Waals surface area contributed by atoms with E-state index in [9.17, 15) is 9.59 Å². The van der Waals surface area contributed by atoms with Gasteiger partial charge in [-0.1, -0.05) is 11.6 Å². The Labute approximate surface area is 137 Å². The Morgan fingerprint density at radius 2 is 1.68 bits per heavy atom. The molecule has 0 spiro atoms. The minimum Gasteiger partial charge on any atom is -0.356 e. The van der Waals surface area contributed by atoms with Crippen LogP contribution in [-0.2, 0) is 4.79 Å². The summed E-state index contributed by atoms with van der Waals surface area (Å²) in [6.07, 6.45) is 1.98. The second-order valence-corrected chi connectivity index (χ2v) is 5.81. The van der Waals surface area contributed by atoms with Crippen LogP contribution < -0.4 is 10.6 Å². The zero-order valence-electron chi connectivity index (χ0n) is 13.2. The highest BCUT2D eigenvalue weighted by Crippen LogP contribution is 2.09.